The van der Waals surface area contributed by atoms with Crippen molar-refractivity contribution in [2.45, 2.75) is 175 Å². The molecule has 0 spiro atoms. The molecule has 5 N–H and O–H groups in total. The molecule has 11 nitrogen and oxygen atoms in total. The van der Waals surface area contributed by atoms with E-state index in [9.17, 15) is 29.4 Å². The highest BCUT2D eigenvalue weighted by molar-refractivity contribution is 5.94. The lowest BCUT2D eigenvalue weighted by molar-refractivity contribution is -0.164. The molecule has 0 bridgehead atoms. The topological polar surface area (TPSA) is 163 Å². The van der Waals surface area contributed by atoms with Gasteiger partial charge in [-0.25, -0.2) is 4.79 Å². The van der Waals surface area contributed by atoms with Crippen molar-refractivity contribution in [2.75, 3.05) is 0 Å². The third-order valence-electron chi connectivity index (χ3n) is 10.1. The van der Waals surface area contributed by atoms with E-state index < -0.39 is 78.1 Å². The van der Waals surface area contributed by atoms with E-state index in [4.69, 9.17) is 9.47 Å². The molecule has 0 unspecified atom stereocenters. The van der Waals surface area contributed by atoms with Crippen LogP contribution >= 0.6 is 0 Å². The Labute approximate surface area is 306 Å². The van der Waals surface area contributed by atoms with Gasteiger partial charge in [0, 0.05) is 5.92 Å². The van der Waals surface area contributed by atoms with Crippen LogP contribution in [0.2, 0.25) is 0 Å². The first-order valence-corrected chi connectivity index (χ1v) is 19.4. The van der Waals surface area contributed by atoms with Crippen LogP contribution in [0.5, 0.6) is 0 Å². The molecule has 0 saturated carbocycles. The smallest absolute Gasteiger partial charge is 0.331 e. The number of esters is 1. The minimum absolute atomic E-state index is 0.164. The van der Waals surface area contributed by atoms with Gasteiger partial charge in [-0.05, 0) is 38.2 Å². The molecule has 1 heterocycles. The van der Waals surface area contributed by atoms with E-state index in [-0.39, 0.29) is 12.5 Å². The Morgan fingerprint density at radius 1 is 0.725 bits per heavy atom. The van der Waals surface area contributed by atoms with Crippen molar-refractivity contribution in [1.29, 1.82) is 0 Å². The standard InChI is InChI=1S/C40H67N3O8/c1-8-9-10-11-12-13-14-15-16-17-21-24-32-27(4)36(45)28(5)37(46)41-33(26(2)3)38(47)42-34(29(6)44)39(48)43-35(40(49)51-32)30(7)50-25-31-22-19-18-20-23-31/h18-20,22-23,26-30,32-36,44-45H,8-17,21,24-25H2,1-7H3,(H,41,46)(H,42,47)(H,43,48)/t27-,28+,29+,30+,32+,33-,34-,35-,36+/m0/s1. The summed E-state index contributed by atoms with van der Waals surface area (Å²) in [5.74, 6) is -4.74. The number of aliphatic hydroxyl groups excluding tert-OH is 2. The van der Waals surface area contributed by atoms with Gasteiger partial charge in [0.25, 0.3) is 0 Å². The van der Waals surface area contributed by atoms with Gasteiger partial charge in [0.1, 0.15) is 18.2 Å². The maximum atomic E-state index is 14.0. The summed E-state index contributed by atoms with van der Waals surface area (Å²) < 4.78 is 12.2. The molecule has 2 rings (SSSR count). The highest BCUT2D eigenvalue weighted by Gasteiger charge is 2.40. The largest absolute Gasteiger partial charge is 0.460 e. The lowest BCUT2D eigenvalue weighted by atomic mass is 9.86. The molecule has 1 aromatic rings. The van der Waals surface area contributed by atoms with Gasteiger partial charge in [-0.3, -0.25) is 14.4 Å². The first kappa shape index (κ1) is 44.1. The van der Waals surface area contributed by atoms with Crippen molar-refractivity contribution in [3.8, 4) is 0 Å². The summed E-state index contributed by atoms with van der Waals surface area (Å²) in [6, 6.07) is 5.61. The molecule has 1 aliphatic rings. The van der Waals surface area contributed by atoms with Crippen LogP contribution in [0, 0.1) is 17.8 Å². The molecule has 9 atom stereocenters. The quantitative estimate of drug-likeness (QED) is 0.100. The van der Waals surface area contributed by atoms with Crippen molar-refractivity contribution >= 4 is 23.7 Å². The molecule has 290 valence electrons. The molecule has 1 fully saturated rings. The van der Waals surface area contributed by atoms with E-state index in [1.807, 2.05) is 30.3 Å². The van der Waals surface area contributed by atoms with Gasteiger partial charge in [-0.15, -0.1) is 0 Å². The number of benzene rings is 1. The number of rotatable bonds is 18. The van der Waals surface area contributed by atoms with Gasteiger partial charge in [-0.1, -0.05) is 129 Å². The van der Waals surface area contributed by atoms with E-state index in [0.29, 0.717) is 6.42 Å². The van der Waals surface area contributed by atoms with Crippen LogP contribution in [-0.2, 0) is 35.3 Å². The fourth-order valence-electron chi connectivity index (χ4n) is 6.47. The Hall–Kier alpha value is -3.02. The summed E-state index contributed by atoms with van der Waals surface area (Å²) in [6.07, 6.45) is 9.00. The predicted molar refractivity (Wildman–Crippen MR) is 198 cm³/mol. The van der Waals surface area contributed by atoms with Crippen LogP contribution < -0.4 is 16.0 Å². The van der Waals surface area contributed by atoms with Gasteiger partial charge < -0.3 is 35.6 Å². The van der Waals surface area contributed by atoms with Crippen molar-refractivity contribution in [1.82, 2.24) is 16.0 Å². The number of carbonyl (C=O) groups is 4. The molecular formula is C40H67N3O8. The number of unbranched alkanes of at least 4 members (excludes halogenated alkanes) is 10. The third kappa shape index (κ3) is 15.2. The van der Waals surface area contributed by atoms with E-state index in [1.165, 1.54) is 51.9 Å². The average molecular weight is 718 g/mol. The van der Waals surface area contributed by atoms with E-state index >= 15 is 0 Å². The maximum absolute atomic E-state index is 14.0. The lowest BCUT2D eigenvalue weighted by Gasteiger charge is -2.33. The van der Waals surface area contributed by atoms with Crippen LogP contribution in [0.4, 0.5) is 0 Å². The summed E-state index contributed by atoms with van der Waals surface area (Å²) in [7, 11) is 0. The summed E-state index contributed by atoms with van der Waals surface area (Å²) in [4.78, 5) is 54.5. The van der Waals surface area contributed by atoms with Crippen LogP contribution in [-0.4, -0.2) is 76.4 Å². The van der Waals surface area contributed by atoms with Crippen LogP contribution in [0.15, 0.2) is 30.3 Å². The van der Waals surface area contributed by atoms with E-state index in [1.54, 1.807) is 34.6 Å². The van der Waals surface area contributed by atoms with Crippen molar-refractivity contribution in [2.24, 2.45) is 17.8 Å². The van der Waals surface area contributed by atoms with Gasteiger partial charge in [0.2, 0.25) is 17.7 Å². The summed E-state index contributed by atoms with van der Waals surface area (Å²) in [5, 5.41) is 30.0. The Kier molecular flexibility index (Phi) is 20.4. The number of ether oxygens (including phenoxy) is 2. The van der Waals surface area contributed by atoms with Crippen molar-refractivity contribution in [3.63, 3.8) is 0 Å². The SMILES string of the molecule is CCCCCCCCCCCCC[C@H]1OC(=O)[C@H]([C@@H](C)OCc2ccccc2)NC(=O)[C@H]([C@@H](C)O)NC(=O)[C@H](C(C)C)NC(=O)[C@H](C)[C@H](O)[C@H]1C. The van der Waals surface area contributed by atoms with Gasteiger partial charge >= 0.3 is 5.97 Å². The van der Waals surface area contributed by atoms with Gasteiger partial charge in [0.15, 0.2) is 6.04 Å². The maximum Gasteiger partial charge on any atom is 0.331 e. The summed E-state index contributed by atoms with van der Waals surface area (Å²) in [6.45, 7) is 12.2. The summed E-state index contributed by atoms with van der Waals surface area (Å²) in [5.41, 5.74) is 0.868. The number of amides is 3. The van der Waals surface area contributed by atoms with Crippen LogP contribution in [0.25, 0.3) is 0 Å². The number of nitrogens with one attached hydrogen (secondary N) is 3. The Morgan fingerprint density at radius 3 is 1.78 bits per heavy atom. The Bertz CT molecular complexity index is 1180. The highest BCUT2D eigenvalue weighted by Crippen LogP contribution is 2.25. The average Bonchev–Trinajstić information content (AvgIpc) is 3.10. The molecule has 11 heteroatoms. The first-order chi connectivity index (χ1) is 24.3. The Morgan fingerprint density at radius 2 is 1.24 bits per heavy atom. The molecule has 0 aliphatic carbocycles. The fraction of sp³-hybridized carbons (Fsp3) is 0.750. The van der Waals surface area contributed by atoms with E-state index in [0.717, 1.165) is 31.2 Å². The van der Waals surface area contributed by atoms with Gasteiger partial charge in [0.05, 0.1) is 30.8 Å². The number of hydrogen-bond donors (Lipinski definition) is 5. The van der Waals surface area contributed by atoms with Crippen LogP contribution in [0.3, 0.4) is 0 Å². The Balaban J connectivity index is 2.33. The van der Waals surface area contributed by atoms with Gasteiger partial charge in [-0.2, -0.15) is 0 Å². The minimum Gasteiger partial charge on any atom is -0.460 e. The van der Waals surface area contributed by atoms with E-state index in [2.05, 4.69) is 22.9 Å². The van der Waals surface area contributed by atoms with Crippen molar-refractivity contribution < 1.29 is 38.9 Å². The lowest BCUT2D eigenvalue weighted by Crippen LogP contribution is -2.61. The fourth-order valence-corrected chi connectivity index (χ4v) is 6.47. The number of hydrogen-bond acceptors (Lipinski definition) is 8. The summed E-state index contributed by atoms with van der Waals surface area (Å²) >= 11 is 0. The molecule has 1 aromatic carbocycles. The monoisotopic (exact) mass is 717 g/mol. The number of aliphatic hydroxyl groups is 2. The second-order valence-electron chi connectivity index (χ2n) is 14.9. The molecule has 0 radical (unpaired) electrons. The first-order valence-electron chi connectivity index (χ1n) is 19.4. The zero-order valence-electron chi connectivity index (χ0n) is 32.2. The zero-order valence-corrected chi connectivity index (χ0v) is 32.2. The molecule has 3 amide bonds. The molecule has 1 saturated heterocycles. The minimum atomic E-state index is -1.44. The third-order valence-corrected chi connectivity index (χ3v) is 10.1. The van der Waals surface area contributed by atoms with Crippen LogP contribution in [0.1, 0.15) is 131 Å². The molecule has 51 heavy (non-hydrogen) atoms. The number of carbonyl (C=O) groups excluding carboxylic acids is 4. The molecule has 1 aliphatic heterocycles. The highest BCUT2D eigenvalue weighted by atomic mass is 16.6. The number of cyclic esters (lactones) is 1. The zero-order chi connectivity index (χ0) is 37.9. The molecular weight excluding hydrogens is 650 g/mol. The second-order valence-corrected chi connectivity index (χ2v) is 14.9. The second kappa shape index (κ2) is 23.5. The molecule has 0 aromatic heterocycles. The predicted octanol–water partition coefficient (Wildman–Crippen LogP) is 5.34. The normalized spacial score (nSPS) is 26.7. The van der Waals surface area contributed by atoms with Crippen molar-refractivity contribution in [3.05, 3.63) is 35.9 Å².